The molecule has 4 heteroatoms. The van der Waals surface area contributed by atoms with Crippen molar-refractivity contribution in [2.45, 2.75) is 20.8 Å². The Bertz CT molecular complexity index is 615. The third kappa shape index (κ3) is 3.20. The maximum absolute atomic E-state index is 12.1. The summed E-state index contributed by atoms with van der Waals surface area (Å²) in [5.41, 5.74) is 4.52. The van der Waals surface area contributed by atoms with Crippen molar-refractivity contribution in [3.05, 3.63) is 57.3 Å². The molecule has 0 atom stereocenters. The van der Waals surface area contributed by atoms with Crippen molar-refractivity contribution < 1.29 is 4.79 Å². The number of anilines is 1. The van der Waals surface area contributed by atoms with Gasteiger partial charge in [-0.1, -0.05) is 15.9 Å². The normalized spacial score (nSPS) is 10.3. The van der Waals surface area contributed by atoms with Gasteiger partial charge in [0.15, 0.2) is 0 Å². The topological polar surface area (TPSA) is 42.0 Å². The van der Waals surface area contributed by atoms with Crippen LogP contribution in [-0.4, -0.2) is 10.9 Å². The second kappa shape index (κ2) is 5.53. The molecule has 1 aromatic heterocycles. The van der Waals surface area contributed by atoms with Crippen molar-refractivity contribution in [3.63, 3.8) is 0 Å². The van der Waals surface area contributed by atoms with Gasteiger partial charge in [-0.3, -0.25) is 9.78 Å². The van der Waals surface area contributed by atoms with Crippen molar-refractivity contribution >= 4 is 27.5 Å². The van der Waals surface area contributed by atoms with Crippen LogP contribution >= 0.6 is 15.9 Å². The van der Waals surface area contributed by atoms with E-state index in [4.69, 9.17) is 0 Å². The Morgan fingerprint density at radius 3 is 2.32 bits per heavy atom. The van der Waals surface area contributed by atoms with E-state index >= 15 is 0 Å². The van der Waals surface area contributed by atoms with Crippen LogP contribution in [-0.2, 0) is 0 Å². The van der Waals surface area contributed by atoms with Crippen LogP contribution < -0.4 is 5.32 Å². The molecule has 0 aliphatic rings. The van der Waals surface area contributed by atoms with E-state index in [0.717, 1.165) is 26.9 Å². The molecule has 1 amide bonds. The zero-order valence-electron chi connectivity index (χ0n) is 11.1. The number of rotatable bonds is 2. The number of aryl methyl sites for hydroxylation is 3. The van der Waals surface area contributed by atoms with E-state index in [1.54, 1.807) is 12.4 Å². The molecule has 98 valence electrons. The first-order chi connectivity index (χ1) is 8.97. The molecule has 0 unspecified atom stereocenters. The minimum Gasteiger partial charge on any atom is -0.322 e. The molecule has 2 rings (SSSR count). The van der Waals surface area contributed by atoms with Gasteiger partial charge in [-0.15, -0.1) is 0 Å². The number of carbonyl (C=O) groups excluding carboxylic acids is 1. The summed E-state index contributed by atoms with van der Waals surface area (Å²) in [6.07, 6.45) is 3.30. The molecule has 0 radical (unpaired) electrons. The number of nitrogens with zero attached hydrogens (tertiary/aromatic N) is 1. The Labute approximate surface area is 121 Å². The van der Waals surface area contributed by atoms with E-state index in [0.29, 0.717) is 5.56 Å². The fourth-order valence-electron chi connectivity index (χ4n) is 1.90. The van der Waals surface area contributed by atoms with E-state index in [2.05, 4.69) is 26.2 Å². The van der Waals surface area contributed by atoms with Crippen molar-refractivity contribution in [1.29, 1.82) is 0 Å². The number of benzene rings is 1. The molecule has 1 N–H and O–H groups in total. The highest BCUT2D eigenvalue weighted by Gasteiger charge is 2.08. The number of aromatic nitrogens is 1. The number of carbonyl (C=O) groups is 1. The molecule has 0 aliphatic carbocycles. The predicted molar refractivity (Wildman–Crippen MR) is 80.5 cm³/mol. The van der Waals surface area contributed by atoms with Crippen LogP contribution in [0.15, 0.2) is 35.1 Å². The summed E-state index contributed by atoms with van der Waals surface area (Å²) in [6, 6.07) is 5.71. The largest absolute Gasteiger partial charge is 0.322 e. The standard InChI is InChI=1S/C15H15BrN2O/c1-9-4-12(8-17-7-9)15(19)18-13-5-10(2)14(16)11(3)6-13/h4-8H,1-3H3,(H,18,19). The van der Waals surface area contributed by atoms with Crippen LogP contribution in [0, 0.1) is 20.8 Å². The first kappa shape index (κ1) is 13.7. The Kier molecular flexibility index (Phi) is 4.00. The quantitative estimate of drug-likeness (QED) is 0.908. The van der Waals surface area contributed by atoms with Gasteiger partial charge in [-0.25, -0.2) is 0 Å². The lowest BCUT2D eigenvalue weighted by Gasteiger charge is -2.09. The summed E-state index contributed by atoms with van der Waals surface area (Å²) < 4.78 is 1.07. The highest BCUT2D eigenvalue weighted by molar-refractivity contribution is 9.10. The molecule has 1 heterocycles. The molecule has 1 aromatic carbocycles. The SMILES string of the molecule is Cc1cncc(C(=O)Nc2cc(C)c(Br)c(C)c2)c1. The van der Waals surface area contributed by atoms with E-state index in [-0.39, 0.29) is 5.91 Å². The highest BCUT2D eigenvalue weighted by Crippen LogP contribution is 2.25. The highest BCUT2D eigenvalue weighted by atomic mass is 79.9. The second-order valence-electron chi connectivity index (χ2n) is 4.63. The number of amides is 1. The monoisotopic (exact) mass is 318 g/mol. The summed E-state index contributed by atoms with van der Waals surface area (Å²) in [7, 11) is 0. The van der Waals surface area contributed by atoms with Gasteiger partial charge in [0.1, 0.15) is 0 Å². The fourth-order valence-corrected chi connectivity index (χ4v) is 2.13. The second-order valence-corrected chi connectivity index (χ2v) is 5.42. The first-order valence-corrected chi connectivity index (χ1v) is 6.76. The van der Waals surface area contributed by atoms with Gasteiger partial charge in [-0.05, 0) is 55.7 Å². The van der Waals surface area contributed by atoms with Gasteiger partial charge in [0.2, 0.25) is 0 Å². The summed E-state index contributed by atoms with van der Waals surface area (Å²) >= 11 is 3.51. The zero-order valence-corrected chi connectivity index (χ0v) is 12.7. The molecule has 0 saturated carbocycles. The van der Waals surface area contributed by atoms with Crippen LogP contribution in [0.1, 0.15) is 27.0 Å². The van der Waals surface area contributed by atoms with Crippen molar-refractivity contribution in [2.75, 3.05) is 5.32 Å². The van der Waals surface area contributed by atoms with Gasteiger partial charge in [-0.2, -0.15) is 0 Å². The number of pyridine rings is 1. The molecule has 0 spiro atoms. The zero-order chi connectivity index (χ0) is 14.0. The Morgan fingerprint density at radius 2 is 1.74 bits per heavy atom. The molecule has 0 saturated heterocycles. The summed E-state index contributed by atoms with van der Waals surface area (Å²) in [5.74, 6) is -0.141. The third-order valence-corrected chi connectivity index (χ3v) is 4.08. The van der Waals surface area contributed by atoms with E-state index in [1.807, 2.05) is 39.0 Å². The summed E-state index contributed by atoms with van der Waals surface area (Å²) in [4.78, 5) is 16.1. The molecule has 0 bridgehead atoms. The molecular weight excluding hydrogens is 304 g/mol. The lowest BCUT2D eigenvalue weighted by Crippen LogP contribution is -2.12. The number of hydrogen-bond donors (Lipinski definition) is 1. The maximum Gasteiger partial charge on any atom is 0.257 e. The lowest BCUT2D eigenvalue weighted by molar-refractivity contribution is 0.102. The Morgan fingerprint density at radius 1 is 1.11 bits per heavy atom. The van der Waals surface area contributed by atoms with Gasteiger partial charge in [0.25, 0.3) is 5.91 Å². The molecule has 0 fully saturated rings. The van der Waals surface area contributed by atoms with Crippen LogP contribution in [0.25, 0.3) is 0 Å². The molecule has 19 heavy (non-hydrogen) atoms. The maximum atomic E-state index is 12.1. The summed E-state index contributed by atoms with van der Waals surface area (Å²) in [5, 5.41) is 2.89. The average Bonchev–Trinajstić information content (AvgIpc) is 2.36. The minimum atomic E-state index is -0.141. The van der Waals surface area contributed by atoms with Crippen molar-refractivity contribution in [3.8, 4) is 0 Å². The number of halogens is 1. The van der Waals surface area contributed by atoms with Gasteiger partial charge < -0.3 is 5.32 Å². The van der Waals surface area contributed by atoms with Crippen LogP contribution in [0.4, 0.5) is 5.69 Å². The average molecular weight is 319 g/mol. The van der Waals surface area contributed by atoms with Crippen molar-refractivity contribution in [1.82, 2.24) is 4.98 Å². The predicted octanol–water partition coefficient (Wildman–Crippen LogP) is 4.02. The van der Waals surface area contributed by atoms with Crippen LogP contribution in [0.5, 0.6) is 0 Å². The van der Waals surface area contributed by atoms with Gasteiger partial charge in [0, 0.05) is 22.6 Å². The van der Waals surface area contributed by atoms with Gasteiger partial charge >= 0.3 is 0 Å². The van der Waals surface area contributed by atoms with Gasteiger partial charge in [0.05, 0.1) is 5.56 Å². The third-order valence-electron chi connectivity index (χ3n) is 2.83. The molecule has 0 aliphatic heterocycles. The van der Waals surface area contributed by atoms with E-state index in [9.17, 15) is 4.79 Å². The minimum absolute atomic E-state index is 0.141. The van der Waals surface area contributed by atoms with Crippen molar-refractivity contribution in [2.24, 2.45) is 0 Å². The molecule has 3 nitrogen and oxygen atoms in total. The molecule has 2 aromatic rings. The Hall–Kier alpha value is -1.68. The summed E-state index contributed by atoms with van der Waals surface area (Å²) in [6.45, 7) is 5.92. The number of hydrogen-bond acceptors (Lipinski definition) is 2. The fraction of sp³-hybridized carbons (Fsp3) is 0.200. The lowest BCUT2D eigenvalue weighted by atomic mass is 10.1. The first-order valence-electron chi connectivity index (χ1n) is 5.97. The number of nitrogens with one attached hydrogen (secondary N) is 1. The molecular formula is C15H15BrN2O. The Balaban J connectivity index is 2.24. The van der Waals surface area contributed by atoms with E-state index in [1.165, 1.54) is 0 Å². The van der Waals surface area contributed by atoms with Crippen LogP contribution in [0.2, 0.25) is 0 Å². The smallest absolute Gasteiger partial charge is 0.257 e. The van der Waals surface area contributed by atoms with Crippen LogP contribution in [0.3, 0.4) is 0 Å². The van der Waals surface area contributed by atoms with E-state index < -0.39 is 0 Å².